The Morgan fingerprint density at radius 1 is 1.21 bits per heavy atom. The van der Waals surface area contributed by atoms with Gasteiger partial charge in [0.2, 0.25) is 5.91 Å². The van der Waals surface area contributed by atoms with Crippen LogP contribution in [0.25, 0.3) is 10.9 Å². The molecule has 0 radical (unpaired) electrons. The van der Waals surface area contributed by atoms with Crippen LogP contribution in [0.5, 0.6) is 0 Å². The van der Waals surface area contributed by atoms with Gasteiger partial charge in [-0.15, -0.1) is 0 Å². The maximum Gasteiger partial charge on any atom is 0.224 e. The molecule has 24 heavy (non-hydrogen) atoms. The van der Waals surface area contributed by atoms with Crippen molar-refractivity contribution in [2.24, 2.45) is 0 Å². The standard InChI is InChI=1S/C18H23N3O3/c22-18(9-13-10-19-15-4-2-1-3-14(13)15)20-16-11-24-12-17(16)21-5-7-23-8-6-21/h1-4,10,16-17,19H,5-9,11-12H2,(H,20,22)/t16-,17-/m1/s1. The summed E-state index contributed by atoms with van der Waals surface area (Å²) in [6, 6.07) is 8.36. The van der Waals surface area contributed by atoms with E-state index in [0.29, 0.717) is 19.6 Å². The second-order valence-corrected chi connectivity index (χ2v) is 6.46. The van der Waals surface area contributed by atoms with Gasteiger partial charge in [-0.05, 0) is 11.6 Å². The Bertz CT molecular complexity index is 708. The Morgan fingerprint density at radius 3 is 2.92 bits per heavy atom. The van der Waals surface area contributed by atoms with Gasteiger partial charge in [0.05, 0.1) is 44.9 Å². The Labute approximate surface area is 141 Å². The van der Waals surface area contributed by atoms with E-state index in [4.69, 9.17) is 9.47 Å². The minimum absolute atomic E-state index is 0.0495. The molecule has 128 valence electrons. The minimum atomic E-state index is 0.0495. The zero-order chi connectivity index (χ0) is 16.4. The van der Waals surface area contributed by atoms with Gasteiger partial charge in [-0.25, -0.2) is 0 Å². The predicted molar refractivity (Wildman–Crippen MR) is 90.9 cm³/mol. The molecule has 6 nitrogen and oxygen atoms in total. The number of nitrogens with zero attached hydrogens (tertiary/aromatic N) is 1. The van der Waals surface area contributed by atoms with Crippen LogP contribution < -0.4 is 5.32 Å². The van der Waals surface area contributed by atoms with Crippen LogP contribution in [-0.2, 0) is 20.7 Å². The van der Waals surface area contributed by atoms with Crippen LogP contribution in [0.4, 0.5) is 0 Å². The lowest BCUT2D eigenvalue weighted by molar-refractivity contribution is -0.121. The van der Waals surface area contributed by atoms with Gasteiger partial charge >= 0.3 is 0 Å². The molecule has 3 heterocycles. The van der Waals surface area contributed by atoms with Gasteiger partial charge in [0, 0.05) is 30.2 Å². The third-order valence-electron chi connectivity index (χ3n) is 4.94. The number of carbonyl (C=O) groups is 1. The number of hydrogen-bond acceptors (Lipinski definition) is 4. The van der Waals surface area contributed by atoms with Gasteiger partial charge in [-0.3, -0.25) is 9.69 Å². The number of hydrogen-bond donors (Lipinski definition) is 2. The molecule has 2 aromatic rings. The van der Waals surface area contributed by atoms with Gasteiger partial charge in [0.15, 0.2) is 0 Å². The molecule has 2 saturated heterocycles. The smallest absolute Gasteiger partial charge is 0.224 e. The van der Waals surface area contributed by atoms with Crippen molar-refractivity contribution >= 4 is 16.8 Å². The number of para-hydroxylation sites is 1. The number of benzene rings is 1. The maximum absolute atomic E-state index is 12.5. The van der Waals surface area contributed by atoms with E-state index in [1.54, 1.807) is 0 Å². The zero-order valence-corrected chi connectivity index (χ0v) is 13.7. The van der Waals surface area contributed by atoms with Crippen LogP contribution in [0.3, 0.4) is 0 Å². The maximum atomic E-state index is 12.5. The summed E-state index contributed by atoms with van der Waals surface area (Å²) in [6.45, 7) is 4.59. The summed E-state index contributed by atoms with van der Waals surface area (Å²) >= 11 is 0. The lowest BCUT2D eigenvalue weighted by Crippen LogP contribution is -2.54. The number of fused-ring (bicyclic) bond motifs is 1. The highest BCUT2D eigenvalue weighted by molar-refractivity contribution is 5.88. The summed E-state index contributed by atoms with van der Waals surface area (Å²) in [4.78, 5) is 18.1. The topological polar surface area (TPSA) is 66.6 Å². The van der Waals surface area contributed by atoms with Crippen LogP contribution in [0, 0.1) is 0 Å². The summed E-state index contributed by atoms with van der Waals surface area (Å²) in [6.07, 6.45) is 2.31. The average Bonchev–Trinajstić information content (AvgIpc) is 3.23. The highest BCUT2D eigenvalue weighted by atomic mass is 16.5. The van der Waals surface area contributed by atoms with Crippen LogP contribution >= 0.6 is 0 Å². The number of nitrogens with one attached hydrogen (secondary N) is 2. The number of rotatable bonds is 4. The first-order chi connectivity index (χ1) is 11.8. The Hall–Kier alpha value is -1.89. The molecule has 2 fully saturated rings. The first kappa shape index (κ1) is 15.6. The molecule has 1 amide bonds. The number of aromatic amines is 1. The van der Waals surface area contributed by atoms with Crippen molar-refractivity contribution < 1.29 is 14.3 Å². The molecule has 4 rings (SSSR count). The molecule has 1 aromatic heterocycles. The highest BCUT2D eigenvalue weighted by Gasteiger charge is 2.34. The molecule has 2 atom stereocenters. The molecule has 2 N–H and O–H groups in total. The zero-order valence-electron chi connectivity index (χ0n) is 13.7. The molecule has 0 unspecified atom stereocenters. The first-order valence-electron chi connectivity index (χ1n) is 8.55. The van der Waals surface area contributed by atoms with Crippen molar-refractivity contribution in [1.29, 1.82) is 0 Å². The summed E-state index contributed by atoms with van der Waals surface area (Å²) in [5, 5.41) is 4.28. The molecule has 1 aromatic carbocycles. The van der Waals surface area contributed by atoms with E-state index < -0.39 is 0 Å². The van der Waals surface area contributed by atoms with Gasteiger partial charge < -0.3 is 19.8 Å². The summed E-state index contributed by atoms with van der Waals surface area (Å²) in [7, 11) is 0. The molecule has 0 aliphatic carbocycles. The monoisotopic (exact) mass is 329 g/mol. The van der Waals surface area contributed by atoms with Crippen molar-refractivity contribution in [1.82, 2.24) is 15.2 Å². The molecular weight excluding hydrogens is 306 g/mol. The van der Waals surface area contributed by atoms with Gasteiger partial charge in [0.25, 0.3) is 0 Å². The number of amides is 1. The van der Waals surface area contributed by atoms with E-state index in [-0.39, 0.29) is 18.0 Å². The van der Waals surface area contributed by atoms with Gasteiger partial charge in [-0.2, -0.15) is 0 Å². The van der Waals surface area contributed by atoms with E-state index in [2.05, 4.69) is 15.2 Å². The van der Waals surface area contributed by atoms with Crippen molar-refractivity contribution in [2.75, 3.05) is 39.5 Å². The van der Waals surface area contributed by atoms with Crippen LogP contribution in [0.2, 0.25) is 0 Å². The van der Waals surface area contributed by atoms with E-state index in [1.807, 2.05) is 30.5 Å². The lowest BCUT2D eigenvalue weighted by atomic mass is 10.1. The van der Waals surface area contributed by atoms with E-state index in [1.165, 1.54) is 0 Å². The second-order valence-electron chi connectivity index (χ2n) is 6.46. The Kier molecular flexibility index (Phi) is 4.51. The third kappa shape index (κ3) is 3.17. The number of morpholine rings is 1. The van der Waals surface area contributed by atoms with Gasteiger partial charge in [0.1, 0.15) is 0 Å². The molecular formula is C18H23N3O3. The van der Waals surface area contributed by atoms with Crippen molar-refractivity contribution in [3.05, 3.63) is 36.0 Å². The highest BCUT2D eigenvalue weighted by Crippen LogP contribution is 2.19. The number of ether oxygens (including phenoxy) is 2. The average molecular weight is 329 g/mol. The predicted octanol–water partition coefficient (Wildman–Crippen LogP) is 0.926. The van der Waals surface area contributed by atoms with Crippen molar-refractivity contribution in [3.63, 3.8) is 0 Å². The molecule has 0 saturated carbocycles. The number of aromatic nitrogens is 1. The van der Waals surface area contributed by atoms with Crippen molar-refractivity contribution in [3.8, 4) is 0 Å². The van der Waals surface area contributed by atoms with Gasteiger partial charge in [-0.1, -0.05) is 18.2 Å². The van der Waals surface area contributed by atoms with Crippen LogP contribution in [0.1, 0.15) is 5.56 Å². The Morgan fingerprint density at radius 2 is 2.04 bits per heavy atom. The fraction of sp³-hybridized carbons (Fsp3) is 0.500. The molecule has 6 heteroatoms. The lowest BCUT2D eigenvalue weighted by Gasteiger charge is -2.34. The second kappa shape index (κ2) is 6.93. The molecule has 0 bridgehead atoms. The third-order valence-corrected chi connectivity index (χ3v) is 4.94. The summed E-state index contributed by atoms with van der Waals surface area (Å²) in [5.74, 6) is 0.0495. The molecule has 0 spiro atoms. The first-order valence-corrected chi connectivity index (χ1v) is 8.55. The SMILES string of the molecule is O=C(Cc1c[nH]c2ccccc12)N[C@@H]1COC[C@H]1N1CCOCC1. The number of carbonyl (C=O) groups excluding carboxylic acids is 1. The normalized spacial score (nSPS) is 25.2. The quantitative estimate of drug-likeness (QED) is 0.876. The Balaban J connectivity index is 1.40. The van der Waals surface area contributed by atoms with E-state index >= 15 is 0 Å². The fourth-order valence-corrected chi connectivity index (χ4v) is 3.66. The van der Waals surface area contributed by atoms with Crippen LogP contribution in [0.15, 0.2) is 30.5 Å². The van der Waals surface area contributed by atoms with Crippen LogP contribution in [-0.4, -0.2) is 67.4 Å². The molecule has 2 aliphatic heterocycles. The van der Waals surface area contributed by atoms with Crippen molar-refractivity contribution in [2.45, 2.75) is 18.5 Å². The summed E-state index contributed by atoms with van der Waals surface area (Å²) < 4.78 is 11.0. The largest absolute Gasteiger partial charge is 0.379 e. The summed E-state index contributed by atoms with van der Waals surface area (Å²) in [5.41, 5.74) is 2.10. The van der Waals surface area contributed by atoms with E-state index in [9.17, 15) is 4.79 Å². The minimum Gasteiger partial charge on any atom is -0.379 e. The fourth-order valence-electron chi connectivity index (χ4n) is 3.66. The molecule has 2 aliphatic rings. The van der Waals surface area contributed by atoms with E-state index in [0.717, 1.165) is 42.8 Å². The number of H-pyrrole nitrogens is 1.